The first-order chi connectivity index (χ1) is 12.7. The number of unbranched alkanes of at least 4 members (excludes halogenated alkanes) is 7. The third-order valence-electron chi connectivity index (χ3n) is 4.32. The van der Waals surface area contributed by atoms with Crippen molar-refractivity contribution in [3.63, 3.8) is 0 Å². The maximum Gasteiger partial charge on any atom is 0.224 e. The Morgan fingerprint density at radius 3 is 2.42 bits per heavy atom. The lowest BCUT2D eigenvalue weighted by atomic mass is 10.1. The molecule has 0 aromatic carbocycles. The van der Waals surface area contributed by atoms with Crippen LogP contribution in [0.5, 0.6) is 0 Å². The lowest BCUT2D eigenvalue weighted by molar-refractivity contribution is -0.116. The number of aryl methyl sites for hydroxylation is 1. The quantitative estimate of drug-likeness (QED) is 0.412. The van der Waals surface area contributed by atoms with Crippen molar-refractivity contribution in [2.24, 2.45) is 7.05 Å². The van der Waals surface area contributed by atoms with Gasteiger partial charge >= 0.3 is 0 Å². The van der Waals surface area contributed by atoms with Gasteiger partial charge in [-0.3, -0.25) is 14.5 Å². The van der Waals surface area contributed by atoms with Crippen LogP contribution in [0.2, 0.25) is 0 Å². The van der Waals surface area contributed by atoms with Gasteiger partial charge in [0.1, 0.15) is 5.69 Å². The van der Waals surface area contributed by atoms with Crippen molar-refractivity contribution < 1.29 is 4.79 Å². The van der Waals surface area contributed by atoms with E-state index in [1.165, 1.54) is 38.5 Å². The Labute approximate surface area is 162 Å². The number of hydrogen-bond donors (Lipinski definition) is 2. The summed E-state index contributed by atoms with van der Waals surface area (Å²) < 4.78 is 1.70. The van der Waals surface area contributed by atoms with E-state index in [-0.39, 0.29) is 5.91 Å². The molecule has 0 atom stereocenters. The Kier molecular flexibility index (Phi) is 9.24. The van der Waals surface area contributed by atoms with Gasteiger partial charge < -0.3 is 5.32 Å². The molecule has 0 aliphatic carbocycles. The molecule has 26 heavy (non-hydrogen) atoms. The highest BCUT2D eigenvalue weighted by molar-refractivity contribution is 7.80. The van der Waals surface area contributed by atoms with Crippen molar-refractivity contribution in [1.82, 2.24) is 14.8 Å². The molecule has 6 heteroatoms. The number of carbonyl (C=O) groups excluding carboxylic acids is 1. The van der Waals surface area contributed by atoms with E-state index in [9.17, 15) is 4.79 Å². The fraction of sp³-hybridized carbons (Fsp3) is 0.550. The molecule has 0 radical (unpaired) electrons. The summed E-state index contributed by atoms with van der Waals surface area (Å²) in [5.41, 5.74) is 2.20. The highest BCUT2D eigenvalue weighted by atomic mass is 32.1. The molecular formula is C20H30N4OS. The average molecular weight is 375 g/mol. The number of nitrogens with one attached hydrogen (secondary N) is 1. The minimum Gasteiger partial charge on any atom is -0.323 e. The number of thiol groups is 1. The SMILES string of the molecule is Cn1cc(NC(=O)CCCCCCCCCCS)c(-c2ccccn2)n1. The van der Waals surface area contributed by atoms with Crippen LogP contribution in [0, 0.1) is 0 Å². The third kappa shape index (κ3) is 7.20. The molecule has 0 aliphatic heterocycles. The fourth-order valence-corrected chi connectivity index (χ4v) is 3.17. The summed E-state index contributed by atoms with van der Waals surface area (Å²) in [6.45, 7) is 0. The normalized spacial score (nSPS) is 10.8. The monoisotopic (exact) mass is 374 g/mol. The first-order valence-corrected chi connectivity index (χ1v) is 10.2. The maximum atomic E-state index is 12.2. The predicted octanol–water partition coefficient (Wildman–Crippen LogP) is 4.86. The second-order valence-corrected chi connectivity index (χ2v) is 7.08. The van der Waals surface area contributed by atoms with Crippen LogP contribution in [0.4, 0.5) is 5.69 Å². The third-order valence-corrected chi connectivity index (χ3v) is 4.64. The Morgan fingerprint density at radius 1 is 1.08 bits per heavy atom. The molecule has 0 fully saturated rings. The van der Waals surface area contributed by atoms with Gasteiger partial charge in [0.2, 0.25) is 5.91 Å². The van der Waals surface area contributed by atoms with Crippen LogP contribution in [0.15, 0.2) is 30.6 Å². The molecule has 0 bridgehead atoms. The first-order valence-electron chi connectivity index (χ1n) is 9.56. The predicted molar refractivity (Wildman–Crippen MR) is 110 cm³/mol. The number of aromatic nitrogens is 3. The molecule has 2 rings (SSSR count). The van der Waals surface area contributed by atoms with Gasteiger partial charge in [-0.1, -0.05) is 44.6 Å². The molecule has 0 unspecified atom stereocenters. The lowest BCUT2D eigenvalue weighted by Gasteiger charge is -2.05. The summed E-state index contributed by atoms with van der Waals surface area (Å²) in [5.74, 6) is 1.04. The zero-order chi connectivity index (χ0) is 18.6. The number of rotatable bonds is 12. The highest BCUT2D eigenvalue weighted by Gasteiger charge is 2.13. The van der Waals surface area contributed by atoms with Crippen LogP contribution < -0.4 is 5.32 Å². The zero-order valence-corrected chi connectivity index (χ0v) is 16.5. The summed E-state index contributed by atoms with van der Waals surface area (Å²) in [6, 6.07) is 5.68. The number of pyridine rings is 1. The molecule has 1 amide bonds. The second kappa shape index (κ2) is 11.7. The topological polar surface area (TPSA) is 59.8 Å². The number of carbonyl (C=O) groups is 1. The van der Waals surface area contributed by atoms with E-state index in [4.69, 9.17) is 0 Å². The van der Waals surface area contributed by atoms with Gasteiger partial charge in [-0.25, -0.2) is 0 Å². The van der Waals surface area contributed by atoms with E-state index in [1.807, 2.05) is 31.4 Å². The van der Waals surface area contributed by atoms with E-state index in [2.05, 4.69) is 28.0 Å². The molecule has 0 spiro atoms. The molecule has 0 aliphatic rings. The van der Waals surface area contributed by atoms with Crippen LogP contribution in [0.3, 0.4) is 0 Å². The van der Waals surface area contributed by atoms with Crippen LogP contribution in [-0.2, 0) is 11.8 Å². The van der Waals surface area contributed by atoms with Crippen molar-refractivity contribution in [3.8, 4) is 11.4 Å². The number of amides is 1. The molecular weight excluding hydrogens is 344 g/mol. The smallest absolute Gasteiger partial charge is 0.224 e. The minimum absolute atomic E-state index is 0.0453. The summed E-state index contributed by atoms with van der Waals surface area (Å²) in [6.07, 6.45) is 13.7. The summed E-state index contributed by atoms with van der Waals surface area (Å²) >= 11 is 4.23. The van der Waals surface area contributed by atoms with E-state index in [0.717, 1.165) is 30.0 Å². The van der Waals surface area contributed by atoms with Crippen molar-refractivity contribution in [3.05, 3.63) is 30.6 Å². The lowest BCUT2D eigenvalue weighted by Crippen LogP contribution is -2.11. The van der Waals surface area contributed by atoms with Crippen molar-refractivity contribution in [1.29, 1.82) is 0 Å². The van der Waals surface area contributed by atoms with Gasteiger partial charge in [0, 0.05) is 25.9 Å². The van der Waals surface area contributed by atoms with E-state index in [0.29, 0.717) is 12.1 Å². The molecule has 2 heterocycles. The molecule has 1 N–H and O–H groups in total. The molecule has 5 nitrogen and oxygen atoms in total. The zero-order valence-electron chi connectivity index (χ0n) is 15.7. The van der Waals surface area contributed by atoms with Gasteiger partial charge in [-0.05, 0) is 30.7 Å². The van der Waals surface area contributed by atoms with Crippen LogP contribution in [0.1, 0.15) is 57.8 Å². The largest absolute Gasteiger partial charge is 0.323 e. The van der Waals surface area contributed by atoms with Gasteiger partial charge in [0.25, 0.3) is 0 Å². The summed E-state index contributed by atoms with van der Waals surface area (Å²) in [7, 11) is 1.85. The first kappa shape index (κ1) is 20.5. The Balaban J connectivity index is 1.69. The number of anilines is 1. The number of nitrogens with zero attached hydrogens (tertiary/aromatic N) is 3. The Bertz CT molecular complexity index is 657. The molecule has 142 valence electrons. The molecule has 0 saturated carbocycles. The van der Waals surface area contributed by atoms with Crippen LogP contribution >= 0.6 is 12.6 Å². The minimum atomic E-state index is 0.0453. The van der Waals surface area contributed by atoms with Gasteiger partial charge in [0.05, 0.1) is 11.4 Å². The van der Waals surface area contributed by atoms with Gasteiger partial charge in [-0.15, -0.1) is 0 Å². The molecule has 2 aromatic heterocycles. The summed E-state index contributed by atoms with van der Waals surface area (Å²) in [4.78, 5) is 16.6. The van der Waals surface area contributed by atoms with E-state index in [1.54, 1.807) is 10.9 Å². The standard InChI is InChI=1S/C20H30N4OS/c1-24-16-18(20(23-24)17-12-9-10-14-21-17)22-19(25)13-8-6-4-2-3-5-7-11-15-26/h9-10,12,14,16,26H,2-8,11,13,15H2,1H3,(H,22,25). The van der Waals surface area contributed by atoms with Gasteiger partial charge in [0.15, 0.2) is 0 Å². The van der Waals surface area contributed by atoms with Crippen molar-refractivity contribution in [2.45, 2.75) is 57.8 Å². The fourth-order valence-electron chi connectivity index (χ4n) is 2.94. The van der Waals surface area contributed by atoms with E-state index < -0.39 is 0 Å². The summed E-state index contributed by atoms with van der Waals surface area (Å²) in [5, 5.41) is 7.41. The van der Waals surface area contributed by atoms with Crippen LogP contribution in [0.25, 0.3) is 11.4 Å². The van der Waals surface area contributed by atoms with Crippen molar-refractivity contribution >= 4 is 24.2 Å². The van der Waals surface area contributed by atoms with Crippen molar-refractivity contribution in [2.75, 3.05) is 11.1 Å². The Hall–Kier alpha value is -1.82. The van der Waals surface area contributed by atoms with Crippen LogP contribution in [-0.4, -0.2) is 26.4 Å². The average Bonchev–Trinajstić information content (AvgIpc) is 3.01. The molecule has 0 saturated heterocycles. The molecule has 2 aromatic rings. The highest BCUT2D eigenvalue weighted by Crippen LogP contribution is 2.24. The van der Waals surface area contributed by atoms with E-state index >= 15 is 0 Å². The Morgan fingerprint density at radius 2 is 1.77 bits per heavy atom. The number of hydrogen-bond acceptors (Lipinski definition) is 4. The second-order valence-electron chi connectivity index (χ2n) is 6.63. The van der Waals surface area contributed by atoms with Gasteiger partial charge in [-0.2, -0.15) is 17.7 Å². The maximum absolute atomic E-state index is 12.2.